The first-order chi connectivity index (χ1) is 8.39. The van der Waals surface area contributed by atoms with E-state index in [1.54, 1.807) is 6.92 Å². The number of sulfonamides is 1. The molecule has 1 heterocycles. The second-order valence-electron chi connectivity index (χ2n) is 3.50. The Labute approximate surface area is 111 Å². The Morgan fingerprint density at radius 1 is 1.61 bits per heavy atom. The van der Waals surface area contributed by atoms with E-state index in [1.165, 1.54) is 12.3 Å². The average molecular weight is 291 g/mol. The molecular weight excluding hydrogens is 277 g/mol. The van der Waals surface area contributed by atoms with Gasteiger partial charge in [-0.1, -0.05) is 19.1 Å². The predicted octanol–water partition coefficient (Wildman–Crippen LogP) is 0.907. The Kier molecular flexibility index (Phi) is 5.12. The minimum Gasteiger partial charge on any atom is -0.393 e. The van der Waals surface area contributed by atoms with E-state index in [2.05, 4.69) is 4.98 Å². The van der Waals surface area contributed by atoms with Crippen LogP contribution < -0.4 is 5.73 Å². The van der Waals surface area contributed by atoms with Gasteiger partial charge in [0.15, 0.2) is 5.82 Å². The number of nitrogens with two attached hydrogens (primary N) is 1. The fourth-order valence-corrected chi connectivity index (χ4v) is 2.88. The van der Waals surface area contributed by atoms with E-state index < -0.39 is 20.9 Å². The topological polar surface area (TPSA) is 76.3 Å². The van der Waals surface area contributed by atoms with Crippen LogP contribution in [0.2, 0.25) is 0 Å². The van der Waals surface area contributed by atoms with Gasteiger partial charge in [0.2, 0.25) is 5.03 Å². The fourth-order valence-electron chi connectivity index (χ4n) is 1.37. The zero-order valence-electron chi connectivity index (χ0n) is 9.84. The van der Waals surface area contributed by atoms with Crippen molar-refractivity contribution in [2.45, 2.75) is 18.4 Å². The van der Waals surface area contributed by atoms with E-state index in [0.29, 0.717) is 0 Å². The molecule has 0 saturated heterocycles. The van der Waals surface area contributed by atoms with Crippen molar-refractivity contribution in [2.75, 3.05) is 13.1 Å². The van der Waals surface area contributed by atoms with Crippen molar-refractivity contribution in [3.63, 3.8) is 0 Å². The Morgan fingerprint density at radius 3 is 2.78 bits per heavy atom. The van der Waals surface area contributed by atoms with Crippen LogP contribution in [0.1, 0.15) is 13.3 Å². The summed E-state index contributed by atoms with van der Waals surface area (Å²) in [6.45, 7) is 1.96. The molecule has 0 aliphatic rings. The Bertz CT molecular complexity index is 534. The summed E-state index contributed by atoms with van der Waals surface area (Å²) in [7, 11) is -3.95. The van der Waals surface area contributed by atoms with Crippen LogP contribution in [0.15, 0.2) is 23.4 Å². The molecule has 1 aromatic rings. The first kappa shape index (κ1) is 14.9. The maximum atomic E-state index is 13.5. The smallest absolute Gasteiger partial charge is 0.263 e. The molecule has 0 bridgehead atoms. The summed E-state index contributed by atoms with van der Waals surface area (Å²) in [5, 5.41) is -0.574. The number of rotatable bonds is 6. The quantitative estimate of drug-likeness (QED) is 0.788. The molecule has 0 saturated carbocycles. The Hall–Kier alpha value is -1.12. The highest BCUT2D eigenvalue weighted by atomic mass is 32.2. The maximum Gasteiger partial charge on any atom is 0.263 e. The lowest BCUT2D eigenvalue weighted by Crippen LogP contribution is -2.34. The van der Waals surface area contributed by atoms with E-state index >= 15 is 0 Å². The first-order valence-electron chi connectivity index (χ1n) is 5.28. The summed E-state index contributed by atoms with van der Waals surface area (Å²) in [4.78, 5) is 3.79. The fraction of sp³-hybridized carbons (Fsp3) is 0.400. The molecule has 100 valence electrons. The summed E-state index contributed by atoms with van der Waals surface area (Å²) in [5.41, 5.74) is 5.33. The second-order valence-corrected chi connectivity index (χ2v) is 5.88. The van der Waals surface area contributed by atoms with Gasteiger partial charge in [-0.05, 0) is 12.1 Å². The maximum absolute atomic E-state index is 13.5. The highest BCUT2D eigenvalue weighted by Gasteiger charge is 2.27. The highest BCUT2D eigenvalue weighted by Crippen LogP contribution is 2.16. The van der Waals surface area contributed by atoms with Crippen LogP contribution in [0.5, 0.6) is 0 Å². The van der Waals surface area contributed by atoms with Gasteiger partial charge in [-0.3, -0.25) is 0 Å². The standard InChI is InChI=1S/C10H14FN3O2S2/c1-2-14(7-5-9(12)17)18(15,16)10-8(11)4-3-6-13-10/h3-4,6H,2,5,7H2,1H3,(H2,12,17). The lowest BCUT2D eigenvalue weighted by atomic mass is 10.4. The third-order valence-corrected chi connectivity index (χ3v) is 4.38. The number of nitrogens with zero attached hydrogens (tertiary/aromatic N) is 2. The van der Waals surface area contributed by atoms with Crippen LogP contribution in [-0.4, -0.2) is 35.8 Å². The number of hydrogen-bond donors (Lipinski definition) is 1. The summed E-state index contributed by atoms with van der Waals surface area (Å²) in [5.74, 6) is -0.869. The van der Waals surface area contributed by atoms with Crippen LogP contribution in [0.4, 0.5) is 4.39 Å². The Morgan fingerprint density at radius 2 is 2.28 bits per heavy atom. The van der Waals surface area contributed by atoms with Gasteiger partial charge in [-0.25, -0.2) is 17.8 Å². The van der Waals surface area contributed by atoms with E-state index in [4.69, 9.17) is 18.0 Å². The molecule has 0 atom stereocenters. The van der Waals surface area contributed by atoms with Gasteiger partial charge < -0.3 is 5.73 Å². The summed E-state index contributed by atoms with van der Waals surface area (Å²) < 4.78 is 38.8. The van der Waals surface area contributed by atoms with E-state index in [0.717, 1.165) is 10.4 Å². The SMILES string of the molecule is CCN(CCC(N)=S)S(=O)(=O)c1ncccc1F. The number of halogens is 1. The molecule has 5 nitrogen and oxygen atoms in total. The predicted molar refractivity (Wildman–Crippen MR) is 70.0 cm³/mol. The van der Waals surface area contributed by atoms with Gasteiger partial charge in [-0.15, -0.1) is 0 Å². The largest absolute Gasteiger partial charge is 0.393 e. The van der Waals surface area contributed by atoms with Crippen LogP contribution >= 0.6 is 12.2 Å². The number of hydrogen-bond acceptors (Lipinski definition) is 4. The van der Waals surface area contributed by atoms with Crippen molar-refractivity contribution in [1.82, 2.24) is 9.29 Å². The number of pyridine rings is 1. The molecule has 18 heavy (non-hydrogen) atoms. The molecule has 0 aromatic carbocycles. The lowest BCUT2D eigenvalue weighted by Gasteiger charge is -2.19. The molecule has 0 aliphatic carbocycles. The summed E-state index contributed by atoms with van der Waals surface area (Å²) in [6, 6.07) is 2.39. The van der Waals surface area contributed by atoms with Gasteiger partial charge in [-0.2, -0.15) is 4.31 Å². The van der Waals surface area contributed by atoms with E-state index in [9.17, 15) is 12.8 Å². The molecule has 0 spiro atoms. The molecule has 0 radical (unpaired) electrons. The lowest BCUT2D eigenvalue weighted by molar-refractivity contribution is 0.428. The summed E-state index contributed by atoms with van der Waals surface area (Å²) in [6.07, 6.45) is 1.48. The Balaban J connectivity index is 3.04. The van der Waals surface area contributed by atoms with Crippen molar-refractivity contribution < 1.29 is 12.8 Å². The van der Waals surface area contributed by atoms with E-state index in [-0.39, 0.29) is 24.5 Å². The van der Waals surface area contributed by atoms with Crippen molar-refractivity contribution in [3.05, 3.63) is 24.1 Å². The zero-order chi connectivity index (χ0) is 13.8. The van der Waals surface area contributed by atoms with Gasteiger partial charge in [0.25, 0.3) is 10.0 Å². The molecule has 0 fully saturated rings. The number of aromatic nitrogens is 1. The van der Waals surface area contributed by atoms with Crippen molar-refractivity contribution in [1.29, 1.82) is 0 Å². The number of thiocarbonyl (C=S) groups is 1. The van der Waals surface area contributed by atoms with Crippen molar-refractivity contribution in [3.8, 4) is 0 Å². The van der Waals surface area contributed by atoms with Gasteiger partial charge in [0.1, 0.15) is 0 Å². The normalized spacial score (nSPS) is 11.7. The average Bonchev–Trinajstić information content (AvgIpc) is 2.29. The van der Waals surface area contributed by atoms with Crippen LogP contribution in [-0.2, 0) is 10.0 Å². The molecule has 1 rings (SSSR count). The van der Waals surface area contributed by atoms with Crippen molar-refractivity contribution in [2.24, 2.45) is 5.73 Å². The van der Waals surface area contributed by atoms with Gasteiger partial charge in [0.05, 0.1) is 4.99 Å². The second kappa shape index (κ2) is 6.17. The zero-order valence-corrected chi connectivity index (χ0v) is 11.5. The summed E-state index contributed by atoms with van der Waals surface area (Å²) >= 11 is 4.69. The highest BCUT2D eigenvalue weighted by molar-refractivity contribution is 7.89. The third-order valence-electron chi connectivity index (χ3n) is 2.27. The molecular formula is C10H14FN3O2S2. The minimum atomic E-state index is -3.95. The minimum absolute atomic E-state index is 0.115. The first-order valence-corrected chi connectivity index (χ1v) is 7.13. The molecule has 8 heteroatoms. The van der Waals surface area contributed by atoms with Gasteiger partial charge >= 0.3 is 0 Å². The molecule has 2 N–H and O–H groups in total. The van der Waals surface area contributed by atoms with Crippen LogP contribution in [0.25, 0.3) is 0 Å². The van der Waals surface area contributed by atoms with Crippen LogP contribution in [0.3, 0.4) is 0 Å². The molecule has 1 aromatic heterocycles. The van der Waals surface area contributed by atoms with Crippen molar-refractivity contribution >= 4 is 27.2 Å². The van der Waals surface area contributed by atoms with E-state index in [1.807, 2.05) is 0 Å². The van der Waals surface area contributed by atoms with Crippen LogP contribution in [0, 0.1) is 5.82 Å². The monoisotopic (exact) mass is 291 g/mol. The molecule has 0 unspecified atom stereocenters. The molecule has 0 aliphatic heterocycles. The third kappa shape index (κ3) is 3.44. The van der Waals surface area contributed by atoms with Gasteiger partial charge in [0, 0.05) is 25.7 Å². The molecule has 0 amide bonds.